The van der Waals surface area contributed by atoms with Gasteiger partial charge in [-0.25, -0.2) is 0 Å². The van der Waals surface area contributed by atoms with E-state index in [1.165, 1.54) is 18.2 Å². The fourth-order valence-electron chi connectivity index (χ4n) is 3.95. The van der Waals surface area contributed by atoms with Crippen LogP contribution in [-0.4, -0.2) is 24.5 Å². The molecule has 1 heterocycles. The van der Waals surface area contributed by atoms with Crippen LogP contribution >= 0.6 is 0 Å². The van der Waals surface area contributed by atoms with Gasteiger partial charge in [0, 0.05) is 40.8 Å². The first-order valence-electron chi connectivity index (χ1n) is 11.4. The summed E-state index contributed by atoms with van der Waals surface area (Å²) in [5.41, 5.74) is 4.89. The lowest BCUT2D eigenvalue weighted by Gasteiger charge is -2.12. The molecular formula is C28H26N2O6. The number of carbonyl (C=O) groups excluding carboxylic acids is 1. The largest absolute Gasteiger partial charge is 0.497 e. The summed E-state index contributed by atoms with van der Waals surface area (Å²) in [6.07, 6.45) is 3.14. The normalized spacial score (nSPS) is 11.4. The number of hydrogen-bond acceptors (Lipinski definition) is 6. The lowest BCUT2D eigenvalue weighted by Crippen LogP contribution is -2.10. The molecule has 0 aliphatic carbocycles. The van der Waals surface area contributed by atoms with Crippen LogP contribution in [-0.2, 0) is 4.79 Å². The summed E-state index contributed by atoms with van der Waals surface area (Å²) >= 11 is 0. The van der Waals surface area contributed by atoms with E-state index in [4.69, 9.17) is 13.9 Å². The van der Waals surface area contributed by atoms with Gasteiger partial charge in [-0.3, -0.25) is 14.9 Å². The first kappa shape index (κ1) is 24.5. The Balaban J connectivity index is 1.72. The van der Waals surface area contributed by atoms with Gasteiger partial charge in [0.25, 0.3) is 5.69 Å². The van der Waals surface area contributed by atoms with Gasteiger partial charge in [0.2, 0.25) is 5.91 Å². The van der Waals surface area contributed by atoms with Crippen LogP contribution in [0.3, 0.4) is 0 Å². The predicted molar refractivity (Wildman–Crippen MR) is 139 cm³/mol. The van der Waals surface area contributed by atoms with Crippen LogP contribution in [0.1, 0.15) is 25.0 Å². The highest BCUT2D eigenvalue weighted by molar-refractivity contribution is 6.05. The molecule has 0 radical (unpaired) electrons. The maximum atomic E-state index is 12.8. The van der Waals surface area contributed by atoms with Crippen molar-refractivity contribution in [2.45, 2.75) is 20.8 Å². The number of methoxy groups -OCH3 is 1. The Morgan fingerprint density at radius 3 is 2.69 bits per heavy atom. The number of nitrogens with one attached hydrogen (secondary N) is 1. The van der Waals surface area contributed by atoms with Crippen LogP contribution in [0.25, 0.3) is 27.7 Å². The maximum Gasteiger partial charge on any atom is 0.271 e. The lowest BCUT2D eigenvalue weighted by molar-refractivity contribution is -0.384. The molecule has 0 spiro atoms. The number of benzene rings is 3. The van der Waals surface area contributed by atoms with E-state index in [9.17, 15) is 14.9 Å². The Hall–Kier alpha value is -4.59. The van der Waals surface area contributed by atoms with E-state index in [0.29, 0.717) is 29.2 Å². The van der Waals surface area contributed by atoms with Gasteiger partial charge in [-0.2, -0.15) is 0 Å². The first-order valence-corrected chi connectivity index (χ1v) is 11.4. The van der Waals surface area contributed by atoms with Crippen LogP contribution < -0.4 is 14.8 Å². The first-order chi connectivity index (χ1) is 17.3. The van der Waals surface area contributed by atoms with Gasteiger partial charge in [-0.1, -0.05) is 18.2 Å². The molecule has 4 aromatic rings. The van der Waals surface area contributed by atoms with Gasteiger partial charge in [0.05, 0.1) is 30.6 Å². The Morgan fingerprint density at radius 1 is 1.17 bits per heavy atom. The van der Waals surface area contributed by atoms with E-state index in [1.54, 1.807) is 26.4 Å². The van der Waals surface area contributed by atoms with Crippen LogP contribution in [0.5, 0.6) is 11.5 Å². The van der Waals surface area contributed by atoms with Crippen molar-refractivity contribution in [1.29, 1.82) is 0 Å². The Labute approximate surface area is 208 Å². The summed E-state index contributed by atoms with van der Waals surface area (Å²) in [6.45, 7) is 5.91. The zero-order chi connectivity index (χ0) is 25.8. The number of ether oxygens (including phenoxy) is 2. The van der Waals surface area contributed by atoms with Crippen molar-refractivity contribution in [1.82, 2.24) is 0 Å². The molecule has 0 unspecified atom stereocenters. The second-order valence-corrected chi connectivity index (χ2v) is 8.23. The van der Waals surface area contributed by atoms with E-state index in [-0.39, 0.29) is 5.69 Å². The Kier molecular flexibility index (Phi) is 7.05. The second kappa shape index (κ2) is 10.4. The third kappa shape index (κ3) is 5.07. The minimum absolute atomic E-state index is 0.0919. The Morgan fingerprint density at radius 2 is 1.97 bits per heavy atom. The standard InChI is InChI=1S/C28H26N2O6/c1-5-35-26-15-27-23(24(16-36-27)19-7-6-8-21(12-19)34-4)14-22(26)18(3)11-28(31)29-25-13-20(30(32)33)10-9-17(25)2/h6-16H,5H2,1-4H3,(H,29,31)/b18-11+. The third-order valence-electron chi connectivity index (χ3n) is 5.82. The quantitative estimate of drug-likeness (QED) is 0.167. The number of furan rings is 1. The van der Waals surface area contributed by atoms with Gasteiger partial charge < -0.3 is 19.2 Å². The predicted octanol–water partition coefficient (Wildman–Crippen LogP) is 6.77. The molecule has 0 saturated carbocycles. The van der Waals surface area contributed by atoms with Crippen molar-refractivity contribution >= 4 is 33.8 Å². The average Bonchev–Trinajstić information content (AvgIpc) is 3.27. The summed E-state index contributed by atoms with van der Waals surface area (Å²) in [6, 6.07) is 15.8. The van der Waals surface area contributed by atoms with Gasteiger partial charge in [-0.05, 0) is 55.7 Å². The molecule has 0 bridgehead atoms. The van der Waals surface area contributed by atoms with E-state index in [1.807, 2.05) is 50.2 Å². The number of rotatable bonds is 8. The van der Waals surface area contributed by atoms with E-state index in [0.717, 1.165) is 33.4 Å². The highest BCUT2D eigenvalue weighted by Crippen LogP contribution is 2.38. The van der Waals surface area contributed by atoms with Gasteiger partial charge >= 0.3 is 0 Å². The van der Waals surface area contributed by atoms with Crippen LogP contribution in [0, 0.1) is 17.0 Å². The minimum Gasteiger partial charge on any atom is -0.497 e. The smallest absolute Gasteiger partial charge is 0.271 e. The van der Waals surface area contributed by atoms with Crippen molar-refractivity contribution in [3.8, 4) is 22.6 Å². The highest BCUT2D eigenvalue weighted by atomic mass is 16.6. The average molecular weight is 487 g/mol. The molecule has 0 atom stereocenters. The van der Waals surface area contributed by atoms with Crippen LogP contribution in [0.2, 0.25) is 0 Å². The molecule has 1 aromatic heterocycles. The second-order valence-electron chi connectivity index (χ2n) is 8.23. The van der Waals surface area contributed by atoms with E-state index >= 15 is 0 Å². The topological polar surface area (TPSA) is 104 Å². The van der Waals surface area contributed by atoms with Gasteiger partial charge in [-0.15, -0.1) is 0 Å². The summed E-state index contributed by atoms with van der Waals surface area (Å²) in [4.78, 5) is 23.5. The molecule has 4 rings (SSSR count). The number of allylic oxidation sites excluding steroid dienone is 1. The number of nitro benzene ring substituents is 1. The Bertz CT molecular complexity index is 1480. The zero-order valence-electron chi connectivity index (χ0n) is 20.5. The molecule has 1 N–H and O–H groups in total. The number of fused-ring (bicyclic) bond motifs is 1. The number of nitro groups is 1. The molecule has 8 heteroatoms. The number of hydrogen-bond donors (Lipinski definition) is 1. The molecular weight excluding hydrogens is 460 g/mol. The SMILES string of the molecule is CCOc1cc2occ(-c3cccc(OC)c3)c2cc1/C(C)=C/C(=O)Nc1cc([N+](=O)[O-])ccc1C. The summed E-state index contributed by atoms with van der Waals surface area (Å²) < 4.78 is 17.0. The molecule has 8 nitrogen and oxygen atoms in total. The number of anilines is 1. The van der Waals surface area contributed by atoms with Crippen molar-refractivity contribution in [3.63, 3.8) is 0 Å². The lowest BCUT2D eigenvalue weighted by atomic mass is 9.99. The van der Waals surface area contributed by atoms with E-state index in [2.05, 4.69) is 5.32 Å². The molecule has 3 aromatic carbocycles. The minimum atomic E-state index is -0.495. The number of non-ortho nitro benzene ring substituents is 1. The number of nitrogens with zero attached hydrogens (tertiary/aromatic N) is 1. The molecule has 0 aliphatic heterocycles. The van der Waals surface area contributed by atoms with Crippen molar-refractivity contribution in [2.24, 2.45) is 0 Å². The molecule has 184 valence electrons. The molecule has 0 aliphatic rings. The van der Waals surface area contributed by atoms with Crippen molar-refractivity contribution in [3.05, 3.63) is 88.2 Å². The van der Waals surface area contributed by atoms with E-state index < -0.39 is 10.8 Å². The molecule has 36 heavy (non-hydrogen) atoms. The monoisotopic (exact) mass is 486 g/mol. The summed E-state index contributed by atoms with van der Waals surface area (Å²) in [7, 11) is 1.62. The number of aryl methyl sites for hydroxylation is 1. The molecule has 0 fully saturated rings. The maximum absolute atomic E-state index is 12.8. The molecule has 0 saturated heterocycles. The molecule has 1 amide bonds. The zero-order valence-corrected chi connectivity index (χ0v) is 20.5. The number of amides is 1. The summed E-state index contributed by atoms with van der Waals surface area (Å²) in [5, 5.41) is 14.7. The fourth-order valence-corrected chi connectivity index (χ4v) is 3.95. The highest BCUT2D eigenvalue weighted by Gasteiger charge is 2.16. The van der Waals surface area contributed by atoms with Crippen molar-refractivity contribution in [2.75, 3.05) is 19.0 Å². The number of carbonyl (C=O) groups is 1. The van der Waals surface area contributed by atoms with Gasteiger partial charge in [0.1, 0.15) is 17.1 Å². The fraction of sp³-hybridized carbons (Fsp3) is 0.179. The van der Waals surface area contributed by atoms with Gasteiger partial charge in [0.15, 0.2) is 0 Å². The van der Waals surface area contributed by atoms with Crippen LogP contribution in [0.15, 0.2) is 71.4 Å². The van der Waals surface area contributed by atoms with Crippen LogP contribution in [0.4, 0.5) is 11.4 Å². The summed E-state index contributed by atoms with van der Waals surface area (Å²) in [5.74, 6) is 0.917. The third-order valence-corrected chi connectivity index (χ3v) is 5.82. The van der Waals surface area contributed by atoms with Crippen molar-refractivity contribution < 1.29 is 23.6 Å².